The van der Waals surface area contributed by atoms with Crippen molar-refractivity contribution in [2.75, 3.05) is 33.3 Å². The van der Waals surface area contributed by atoms with Gasteiger partial charge in [-0.05, 0) is 42.0 Å². The molecule has 1 heterocycles. The SMILES string of the molecule is COc1ccccc1C(=O)N1CCN(Cc2cccc(Oc3ccccc3)c2)CC1.O=C(O)C(=O)O. The number of carboxylic acids is 2. The summed E-state index contributed by atoms with van der Waals surface area (Å²) in [6, 6.07) is 25.4. The fourth-order valence-electron chi connectivity index (χ4n) is 3.69. The number of carboxylic acid groups (broad SMARTS) is 2. The molecule has 3 aromatic carbocycles. The minimum atomic E-state index is -1.82. The minimum Gasteiger partial charge on any atom is -0.496 e. The standard InChI is InChI=1S/C25H26N2O3.C2H2O4/c1-29-24-13-6-5-12-23(24)25(28)27-16-14-26(15-17-27)19-20-8-7-11-22(18-20)30-21-9-3-2-4-10-21;3-1(4)2(5)6/h2-13,18H,14-17,19H2,1H3;(H,3,4)(H,5,6). The lowest BCUT2D eigenvalue weighted by Crippen LogP contribution is -2.48. The zero-order chi connectivity index (χ0) is 25.9. The van der Waals surface area contributed by atoms with Crippen LogP contribution >= 0.6 is 0 Å². The van der Waals surface area contributed by atoms with E-state index in [4.69, 9.17) is 29.3 Å². The van der Waals surface area contributed by atoms with E-state index in [9.17, 15) is 4.79 Å². The summed E-state index contributed by atoms with van der Waals surface area (Å²) in [5, 5.41) is 14.8. The lowest BCUT2D eigenvalue weighted by Gasteiger charge is -2.35. The molecule has 0 spiro atoms. The van der Waals surface area contributed by atoms with Crippen molar-refractivity contribution in [3.8, 4) is 17.2 Å². The third-order valence-electron chi connectivity index (χ3n) is 5.46. The first kappa shape index (κ1) is 26.2. The molecule has 1 aliphatic heterocycles. The van der Waals surface area contributed by atoms with Crippen LogP contribution in [0.5, 0.6) is 17.2 Å². The Labute approximate surface area is 209 Å². The summed E-state index contributed by atoms with van der Waals surface area (Å²) < 4.78 is 11.3. The Bertz CT molecular complexity index is 1160. The van der Waals surface area contributed by atoms with Gasteiger partial charge in [0.15, 0.2) is 0 Å². The number of carbonyl (C=O) groups excluding carboxylic acids is 1. The van der Waals surface area contributed by atoms with Gasteiger partial charge >= 0.3 is 11.9 Å². The second-order valence-corrected chi connectivity index (χ2v) is 7.94. The number of para-hydroxylation sites is 2. The zero-order valence-corrected chi connectivity index (χ0v) is 19.9. The molecule has 2 N–H and O–H groups in total. The smallest absolute Gasteiger partial charge is 0.414 e. The molecule has 36 heavy (non-hydrogen) atoms. The summed E-state index contributed by atoms with van der Waals surface area (Å²) in [6.07, 6.45) is 0. The maximum absolute atomic E-state index is 12.9. The van der Waals surface area contributed by atoms with Crippen LogP contribution in [0.1, 0.15) is 15.9 Å². The number of hydrogen-bond acceptors (Lipinski definition) is 6. The Kier molecular flexibility index (Phi) is 9.41. The molecule has 0 unspecified atom stereocenters. The van der Waals surface area contributed by atoms with Crippen LogP contribution in [0.2, 0.25) is 0 Å². The summed E-state index contributed by atoms with van der Waals surface area (Å²) in [6.45, 7) is 3.92. The van der Waals surface area contributed by atoms with E-state index in [-0.39, 0.29) is 5.91 Å². The average Bonchev–Trinajstić information content (AvgIpc) is 2.90. The Morgan fingerprint density at radius 2 is 1.39 bits per heavy atom. The molecular formula is C27H28N2O7. The van der Waals surface area contributed by atoms with Crippen LogP contribution in [-0.4, -0.2) is 71.1 Å². The first-order chi connectivity index (χ1) is 17.4. The van der Waals surface area contributed by atoms with Crippen molar-refractivity contribution in [2.24, 2.45) is 0 Å². The van der Waals surface area contributed by atoms with Crippen LogP contribution in [0.4, 0.5) is 0 Å². The molecule has 0 atom stereocenters. The highest BCUT2D eigenvalue weighted by molar-refractivity contribution is 6.27. The van der Waals surface area contributed by atoms with Crippen molar-refractivity contribution in [1.29, 1.82) is 0 Å². The van der Waals surface area contributed by atoms with Crippen LogP contribution in [0, 0.1) is 0 Å². The van der Waals surface area contributed by atoms with Crippen LogP contribution < -0.4 is 9.47 Å². The highest BCUT2D eigenvalue weighted by atomic mass is 16.5. The predicted octanol–water partition coefficient (Wildman–Crippen LogP) is 3.60. The minimum absolute atomic E-state index is 0.0327. The van der Waals surface area contributed by atoms with Crippen LogP contribution in [-0.2, 0) is 16.1 Å². The number of piperazine rings is 1. The number of carbonyl (C=O) groups is 3. The van der Waals surface area contributed by atoms with E-state index >= 15 is 0 Å². The number of rotatable bonds is 6. The maximum atomic E-state index is 12.9. The van der Waals surface area contributed by atoms with Crippen molar-refractivity contribution >= 4 is 17.8 Å². The molecule has 0 bridgehead atoms. The molecule has 0 aliphatic carbocycles. The first-order valence-electron chi connectivity index (χ1n) is 11.3. The van der Waals surface area contributed by atoms with E-state index in [1.54, 1.807) is 7.11 Å². The normalized spacial score (nSPS) is 13.2. The van der Waals surface area contributed by atoms with E-state index in [0.29, 0.717) is 24.4 Å². The molecule has 9 heteroatoms. The Balaban J connectivity index is 0.000000538. The second-order valence-electron chi connectivity index (χ2n) is 7.94. The van der Waals surface area contributed by atoms with Gasteiger partial charge in [-0.3, -0.25) is 9.69 Å². The topological polar surface area (TPSA) is 117 Å². The van der Waals surface area contributed by atoms with Crippen molar-refractivity contribution in [1.82, 2.24) is 9.80 Å². The summed E-state index contributed by atoms with van der Waals surface area (Å²) in [7, 11) is 1.60. The number of nitrogens with zero attached hydrogens (tertiary/aromatic N) is 2. The number of amides is 1. The average molecular weight is 493 g/mol. The molecule has 4 rings (SSSR count). The van der Waals surface area contributed by atoms with Crippen LogP contribution in [0.25, 0.3) is 0 Å². The summed E-state index contributed by atoms with van der Waals surface area (Å²) in [5.41, 5.74) is 1.83. The molecule has 188 valence electrons. The third kappa shape index (κ3) is 7.57. The lowest BCUT2D eigenvalue weighted by molar-refractivity contribution is -0.159. The van der Waals surface area contributed by atoms with Crippen molar-refractivity contribution in [3.63, 3.8) is 0 Å². The molecule has 1 aliphatic rings. The first-order valence-corrected chi connectivity index (χ1v) is 11.3. The number of aliphatic carboxylic acids is 2. The van der Waals surface area contributed by atoms with Gasteiger partial charge in [-0.15, -0.1) is 0 Å². The van der Waals surface area contributed by atoms with E-state index in [1.165, 1.54) is 5.56 Å². The van der Waals surface area contributed by atoms with Gasteiger partial charge in [0.05, 0.1) is 12.7 Å². The van der Waals surface area contributed by atoms with Crippen LogP contribution in [0.3, 0.4) is 0 Å². The molecule has 1 saturated heterocycles. The molecule has 0 radical (unpaired) electrons. The molecular weight excluding hydrogens is 464 g/mol. The van der Waals surface area contributed by atoms with Gasteiger partial charge < -0.3 is 24.6 Å². The maximum Gasteiger partial charge on any atom is 0.414 e. The fraction of sp³-hybridized carbons (Fsp3) is 0.222. The Hall–Kier alpha value is -4.37. The van der Waals surface area contributed by atoms with Gasteiger partial charge in [-0.25, -0.2) is 9.59 Å². The largest absolute Gasteiger partial charge is 0.496 e. The molecule has 0 saturated carbocycles. The quantitative estimate of drug-likeness (QED) is 0.502. The van der Waals surface area contributed by atoms with E-state index < -0.39 is 11.9 Å². The molecule has 1 amide bonds. The van der Waals surface area contributed by atoms with E-state index in [2.05, 4.69) is 17.0 Å². The number of ether oxygens (including phenoxy) is 2. The predicted molar refractivity (Wildman–Crippen MR) is 132 cm³/mol. The number of benzene rings is 3. The van der Waals surface area contributed by atoms with Crippen LogP contribution in [0.15, 0.2) is 78.9 Å². The van der Waals surface area contributed by atoms with E-state index in [1.807, 2.05) is 71.6 Å². The third-order valence-corrected chi connectivity index (χ3v) is 5.46. The van der Waals surface area contributed by atoms with Gasteiger partial charge in [-0.1, -0.05) is 42.5 Å². The van der Waals surface area contributed by atoms with Gasteiger partial charge in [0.2, 0.25) is 0 Å². The zero-order valence-electron chi connectivity index (χ0n) is 19.9. The van der Waals surface area contributed by atoms with Crippen molar-refractivity contribution in [3.05, 3.63) is 90.0 Å². The van der Waals surface area contributed by atoms with Gasteiger partial charge in [0, 0.05) is 32.7 Å². The van der Waals surface area contributed by atoms with Gasteiger partial charge in [-0.2, -0.15) is 0 Å². The molecule has 1 fully saturated rings. The fourth-order valence-corrected chi connectivity index (χ4v) is 3.69. The summed E-state index contributed by atoms with van der Waals surface area (Å²) in [5.74, 6) is -1.32. The molecule has 3 aromatic rings. The highest BCUT2D eigenvalue weighted by Crippen LogP contribution is 2.23. The number of hydrogen-bond donors (Lipinski definition) is 2. The van der Waals surface area contributed by atoms with Gasteiger partial charge in [0.1, 0.15) is 17.2 Å². The summed E-state index contributed by atoms with van der Waals surface area (Å²) >= 11 is 0. The summed E-state index contributed by atoms with van der Waals surface area (Å²) in [4.78, 5) is 35.3. The van der Waals surface area contributed by atoms with E-state index in [0.717, 1.165) is 31.1 Å². The lowest BCUT2D eigenvalue weighted by atomic mass is 10.1. The van der Waals surface area contributed by atoms with Crippen molar-refractivity contribution < 1.29 is 34.1 Å². The number of methoxy groups -OCH3 is 1. The molecule has 9 nitrogen and oxygen atoms in total. The monoisotopic (exact) mass is 492 g/mol. The Morgan fingerprint density at radius 1 is 0.778 bits per heavy atom. The van der Waals surface area contributed by atoms with Crippen molar-refractivity contribution in [2.45, 2.75) is 6.54 Å². The highest BCUT2D eigenvalue weighted by Gasteiger charge is 2.24. The molecule has 0 aromatic heterocycles. The van der Waals surface area contributed by atoms with Gasteiger partial charge in [0.25, 0.3) is 5.91 Å². The second kappa shape index (κ2) is 12.9. The Morgan fingerprint density at radius 3 is 2.03 bits per heavy atom.